The van der Waals surface area contributed by atoms with Gasteiger partial charge in [-0.1, -0.05) is 0 Å². The number of amides is 1. The highest BCUT2D eigenvalue weighted by atomic mass is 16.5. The lowest BCUT2D eigenvalue weighted by atomic mass is 10.3. The molecule has 2 rings (SSSR count). The van der Waals surface area contributed by atoms with Crippen LogP contribution < -0.4 is 0 Å². The van der Waals surface area contributed by atoms with Crippen molar-refractivity contribution in [2.24, 2.45) is 5.92 Å². The highest BCUT2D eigenvalue weighted by molar-refractivity contribution is 5.77. The van der Waals surface area contributed by atoms with Crippen molar-refractivity contribution in [1.29, 1.82) is 0 Å². The summed E-state index contributed by atoms with van der Waals surface area (Å²) in [5.41, 5.74) is 0. The third-order valence-corrected chi connectivity index (χ3v) is 3.60. The molecule has 1 aliphatic heterocycles. The van der Waals surface area contributed by atoms with Gasteiger partial charge in [-0.3, -0.25) is 9.69 Å². The molecule has 104 valence electrons. The average Bonchev–Trinajstić information content (AvgIpc) is 3.19. The third kappa shape index (κ3) is 4.55. The minimum Gasteiger partial charge on any atom is -0.382 e. The van der Waals surface area contributed by atoms with E-state index in [-0.39, 0.29) is 12.5 Å². The third-order valence-electron chi connectivity index (χ3n) is 3.60. The molecule has 1 aliphatic carbocycles. The van der Waals surface area contributed by atoms with Gasteiger partial charge in [0.1, 0.15) is 6.61 Å². The lowest BCUT2D eigenvalue weighted by molar-refractivity contribution is -0.138. The van der Waals surface area contributed by atoms with Crippen molar-refractivity contribution in [2.45, 2.75) is 12.8 Å². The summed E-state index contributed by atoms with van der Waals surface area (Å²) in [6.45, 7) is 6.17. The second-order valence-corrected chi connectivity index (χ2v) is 5.17. The van der Waals surface area contributed by atoms with Crippen LogP contribution in [-0.4, -0.2) is 75.4 Å². The summed E-state index contributed by atoms with van der Waals surface area (Å²) in [5.74, 6) is 1.04. The summed E-state index contributed by atoms with van der Waals surface area (Å²) in [6, 6.07) is 0. The van der Waals surface area contributed by atoms with Crippen molar-refractivity contribution in [1.82, 2.24) is 9.80 Å². The zero-order valence-corrected chi connectivity index (χ0v) is 11.3. The molecule has 2 aliphatic rings. The molecule has 1 saturated carbocycles. The van der Waals surface area contributed by atoms with Gasteiger partial charge < -0.3 is 14.4 Å². The Labute approximate surface area is 109 Å². The first kappa shape index (κ1) is 13.8. The molecule has 0 bridgehead atoms. The lowest BCUT2D eigenvalue weighted by Crippen LogP contribution is -2.50. The predicted molar refractivity (Wildman–Crippen MR) is 68.4 cm³/mol. The van der Waals surface area contributed by atoms with Crippen molar-refractivity contribution in [3.8, 4) is 0 Å². The van der Waals surface area contributed by atoms with Crippen LogP contribution >= 0.6 is 0 Å². The summed E-state index contributed by atoms with van der Waals surface area (Å²) in [6.07, 6.45) is 2.79. The van der Waals surface area contributed by atoms with Gasteiger partial charge in [0.25, 0.3) is 0 Å². The van der Waals surface area contributed by atoms with Crippen LogP contribution in [0, 0.1) is 5.92 Å². The fraction of sp³-hybridized carbons (Fsp3) is 0.923. The van der Waals surface area contributed by atoms with Gasteiger partial charge in [0.2, 0.25) is 5.91 Å². The maximum Gasteiger partial charge on any atom is 0.248 e. The smallest absolute Gasteiger partial charge is 0.248 e. The molecule has 18 heavy (non-hydrogen) atoms. The molecule has 1 amide bonds. The van der Waals surface area contributed by atoms with E-state index in [0.29, 0.717) is 13.2 Å². The molecule has 0 aromatic rings. The SMILES string of the molecule is COCCOCC(=O)N1CCN(CC2CC2)CC1. The first-order chi connectivity index (χ1) is 8.79. The van der Waals surface area contributed by atoms with Crippen LogP contribution in [0.3, 0.4) is 0 Å². The van der Waals surface area contributed by atoms with Crippen molar-refractivity contribution < 1.29 is 14.3 Å². The fourth-order valence-electron chi connectivity index (χ4n) is 2.24. The average molecular weight is 256 g/mol. The number of rotatable bonds is 7. The van der Waals surface area contributed by atoms with Gasteiger partial charge in [0.05, 0.1) is 13.2 Å². The number of nitrogens with zero attached hydrogens (tertiary/aromatic N) is 2. The summed E-state index contributed by atoms with van der Waals surface area (Å²) in [4.78, 5) is 16.2. The summed E-state index contributed by atoms with van der Waals surface area (Å²) in [7, 11) is 1.63. The van der Waals surface area contributed by atoms with Crippen LogP contribution in [-0.2, 0) is 14.3 Å². The molecule has 0 aromatic carbocycles. The van der Waals surface area contributed by atoms with E-state index in [2.05, 4.69) is 4.90 Å². The number of hydrogen-bond donors (Lipinski definition) is 0. The number of methoxy groups -OCH3 is 1. The van der Waals surface area contributed by atoms with E-state index >= 15 is 0 Å². The molecule has 0 radical (unpaired) electrons. The Balaban J connectivity index is 1.57. The monoisotopic (exact) mass is 256 g/mol. The van der Waals surface area contributed by atoms with Crippen LogP contribution in [0.5, 0.6) is 0 Å². The van der Waals surface area contributed by atoms with Gasteiger partial charge in [-0.25, -0.2) is 0 Å². The van der Waals surface area contributed by atoms with Gasteiger partial charge in [0, 0.05) is 39.8 Å². The highest BCUT2D eigenvalue weighted by Crippen LogP contribution is 2.29. The largest absolute Gasteiger partial charge is 0.382 e. The molecular weight excluding hydrogens is 232 g/mol. The second kappa shape index (κ2) is 7.07. The van der Waals surface area contributed by atoms with Crippen molar-refractivity contribution in [3.05, 3.63) is 0 Å². The normalized spacial score (nSPS) is 21.3. The topological polar surface area (TPSA) is 42.0 Å². The Morgan fingerprint density at radius 1 is 1.17 bits per heavy atom. The molecule has 0 unspecified atom stereocenters. The van der Waals surface area contributed by atoms with Gasteiger partial charge in [-0.05, 0) is 18.8 Å². The minimum atomic E-state index is 0.108. The first-order valence-corrected chi connectivity index (χ1v) is 6.86. The maximum absolute atomic E-state index is 11.8. The van der Waals surface area contributed by atoms with E-state index in [0.717, 1.165) is 32.1 Å². The Bertz CT molecular complexity index is 261. The molecule has 0 N–H and O–H groups in total. The second-order valence-electron chi connectivity index (χ2n) is 5.17. The van der Waals surface area contributed by atoms with E-state index in [4.69, 9.17) is 9.47 Å². The number of carbonyl (C=O) groups is 1. The van der Waals surface area contributed by atoms with E-state index in [1.54, 1.807) is 7.11 Å². The zero-order chi connectivity index (χ0) is 12.8. The Kier molecular flexibility index (Phi) is 5.41. The van der Waals surface area contributed by atoms with Crippen LogP contribution in [0.1, 0.15) is 12.8 Å². The number of hydrogen-bond acceptors (Lipinski definition) is 4. The lowest BCUT2D eigenvalue weighted by Gasteiger charge is -2.34. The van der Waals surface area contributed by atoms with E-state index in [1.807, 2.05) is 4.90 Å². The summed E-state index contributed by atoms with van der Waals surface area (Å²) < 4.78 is 10.1. The van der Waals surface area contributed by atoms with Crippen molar-refractivity contribution in [3.63, 3.8) is 0 Å². The van der Waals surface area contributed by atoms with Gasteiger partial charge in [0.15, 0.2) is 0 Å². The number of ether oxygens (including phenoxy) is 2. The van der Waals surface area contributed by atoms with Crippen LogP contribution in [0.15, 0.2) is 0 Å². The molecule has 5 heteroatoms. The minimum absolute atomic E-state index is 0.108. The molecule has 0 aromatic heterocycles. The molecule has 0 atom stereocenters. The van der Waals surface area contributed by atoms with Crippen molar-refractivity contribution >= 4 is 5.91 Å². The molecule has 1 saturated heterocycles. The quantitative estimate of drug-likeness (QED) is 0.610. The van der Waals surface area contributed by atoms with Crippen LogP contribution in [0.25, 0.3) is 0 Å². The predicted octanol–water partition coefficient (Wildman–Crippen LogP) is 0.204. The Morgan fingerprint density at radius 3 is 2.50 bits per heavy atom. The van der Waals surface area contributed by atoms with Gasteiger partial charge in [-0.15, -0.1) is 0 Å². The van der Waals surface area contributed by atoms with Crippen LogP contribution in [0.2, 0.25) is 0 Å². The number of carbonyl (C=O) groups excluding carboxylic acids is 1. The van der Waals surface area contributed by atoms with E-state index in [1.165, 1.54) is 19.4 Å². The zero-order valence-electron chi connectivity index (χ0n) is 11.3. The van der Waals surface area contributed by atoms with E-state index < -0.39 is 0 Å². The molecule has 5 nitrogen and oxygen atoms in total. The molecule has 2 fully saturated rings. The van der Waals surface area contributed by atoms with E-state index in [9.17, 15) is 4.79 Å². The summed E-state index contributed by atoms with van der Waals surface area (Å²) >= 11 is 0. The Morgan fingerprint density at radius 2 is 1.89 bits per heavy atom. The highest BCUT2D eigenvalue weighted by Gasteiger charge is 2.27. The van der Waals surface area contributed by atoms with Gasteiger partial charge in [-0.2, -0.15) is 0 Å². The molecular formula is C13H24N2O3. The summed E-state index contributed by atoms with van der Waals surface area (Å²) in [5, 5.41) is 0. The standard InChI is InChI=1S/C13H24N2O3/c1-17-8-9-18-11-13(16)15-6-4-14(5-7-15)10-12-2-3-12/h12H,2-11H2,1H3. The molecule has 1 heterocycles. The number of piperazine rings is 1. The van der Waals surface area contributed by atoms with Gasteiger partial charge >= 0.3 is 0 Å². The van der Waals surface area contributed by atoms with Crippen molar-refractivity contribution in [2.75, 3.05) is 59.7 Å². The Hall–Kier alpha value is -0.650. The first-order valence-electron chi connectivity index (χ1n) is 6.86. The maximum atomic E-state index is 11.8. The molecule has 0 spiro atoms. The van der Waals surface area contributed by atoms with Crippen LogP contribution in [0.4, 0.5) is 0 Å². The fourth-order valence-corrected chi connectivity index (χ4v) is 2.24.